The Kier molecular flexibility index (Phi) is 3.61. The minimum Gasteiger partial charge on any atom is -0.252 e. The Hall–Kier alpha value is -1.06. The van der Waals surface area contributed by atoms with Gasteiger partial charge in [-0.05, 0) is 29.5 Å². The SMILES string of the molecule is CCCC(C)(C)c1ccnc(C(F)(F)F)c1. The van der Waals surface area contributed by atoms with Gasteiger partial charge in [-0.2, -0.15) is 13.2 Å². The van der Waals surface area contributed by atoms with E-state index in [4.69, 9.17) is 0 Å². The number of rotatable bonds is 3. The third kappa shape index (κ3) is 2.97. The molecule has 0 radical (unpaired) electrons. The van der Waals surface area contributed by atoms with Crippen molar-refractivity contribution >= 4 is 0 Å². The number of alkyl halides is 3. The summed E-state index contributed by atoms with van der Waals surface area (Å²) in [7, 11) is 0. The molecule has 0 aromatic carbocycles. The highest BCUT2D eigenvalue weighted by Gasteiger charge is 2.33. The van der Waals surface area contributed by atoms with Gasteiger partial charge in [0.15, 0.2) is 0 Å². The second-order valence-corrected chi connectivity index (χ2v) is 4.56. The van der Waals surface area contributed by atoms with Gasteiger partial charge in [0.05, 0.1) is 0 Å². The summed E-state index contributed by atoms with van der Waals surface area (Å²) in [5.74, 6) is 0. The fraction of sp³-hybridized carbons (Fsp3) is 0.583. The molecule has 0 aliphatic heterocycles. The third-order valence-electron chi connectivity index (χ3n) is 2.71. The van der Waals surface area contributed by atoms with Crippen LogP contribution >= 0.6 is 0 Å². The van der Waals surface area contributed by atoms with Crippen molar-refractivity contribution in [3.05, 3.63) is 29.6 Å². The van der Waals surface area contributed by atoms with E-state index in [0.29, 0.717) is 5.56 Å². The van der Waals surface area contributed by atoms with E-state index in [1.165, 1.54) is 6.20 Å². The first-order valence-electron chi connectivity index (χ1n) is 5.31. The maximum absolute atomic E-state index is 12.5. The fourth-order valence-corrected chi connectivity index (χ4v) is 1.78. The lowest BCUT2D eigenvalue weighted by Gasteiger charge is -2.25. The Morgan fingerprint density at radius 2 is 1.88 bits per heavy atom. The van der Waals surface area contributed by atoms with Crippen molar-refractivity contribution in [3.63, 3.8) is 0 Å². The lowest BCUT2D eigenvalue weighted by atomic mass is 9.81. The molecule has 1 aromatic heterocycles. The van der Waals surface area contributed by atoms with Gasteiger partial charge in [0.2, 0.25) is 0 Å². The highest BCUT2D eigenvalue weighted by Crippen LogP contribution is 2.33. The second-order valence-electron chi connectivity index (χ2n) is 4.56. The van der Waals surface area contributed by atoms with E-state index >= 15 is 0 Å². The van der Waals surface area contributed by atoms with E-state index in [-0.39, 0.29) is 5.41 Å². The van der Waals surface area contributed by atoms with Gasteiger partial charge in [0.25, 0.3) is 0 Å². The first-order chi connectivity index (χ1) is 7.27. The normalized spacial score (nSPS) is 12.9. The minimum absolute atomic E-state index is 0.238. The quantitative estimate of drug-likeness (QED) is 0.760. The first-order valence-corrected chi connectivity index (χ1v) is 5.31. The molecule has 0 amide bonds. The van der Waals surface area contributed by atoms with E-state index in [2.05, 4.69) is 4.98 Å². The van der Waals surface area contributed by atoms with E-state index in [9.17, 15) is 13.2 Å². The largest absolute Gasteiger partial charge is 0.433 e. The van der Waals surface area contributed by atoms with Gasteiger partial charge >= 0.3 is 6.18 Å². The predicted octanol–water partition coefficient (Wildman–Crippen LogP) is 4.18. The molecule has 4 heteroatoms. The van der Waals surface area contributed by atoms with Crippen molar-refractivity contribution in [1.82, 2.24) is 4.98 Å². The predicted molar refractivity (Wildman–Crippen MR) is 57.2 cm³/mol. The molecular formula is C12H16F3N. The van der Waals surface area contributed by atoms with Crippen molar-refractivity contribution < 1.29 is 13.2 Å². The molecule has 0 spiro atoms. The van der Waals surface area contributed by atoms with Crippen LogP contribution in [-0.2, 0) is 11.6 Å². The summed E-state index contributed by atoms with van der Waals surface area (Å²) >= 11 is 0. The van der Waals surface area contributed by atoms with Crippen molar-refractivity contribution in [2.24, 2.45) is 0 Å². The van der Waals surface area contributed by atoms with Crippen LogP contribution in [0.1, 0.15) is 44.9 Å². The van der Waals surface area contributed by atoms with Gasteiger partial charge in [0.1, 0.15) is 5.69 Å². The smallest absolute Gasteiger partial charge is 0.252 e. The fourth-order valence-electron chi connectivity index (χ4n) is 1.78. The summed E-state index contributed by atoms with van der Waals surface area (Å²) < 4.78 is 37.4. The zero-order valence-electron chi connectivity index (χ0n) is 9.73. The van der Waals surface area contributed by atoms with Gasteiger partial charge < -0.3 is 0 Å². The summed E-state index contributed by atoms with van der Waals surface area (Å²) in [4.78, 5) is 3.36. The van der Waals surface area contributed by atoms with Crippen LogP contribution in [0.4, 0.5) is 13.2 Å². The van der Waals surface area contributed by atoms with Crippen molar-refractivity contribution in [2.45, 2.75) is 45.2 Å². The molecule has 1 nitrogen and oxygen atoms in total. The second kappa shape index (κ2) is 4.44. The number of aromatic nitrogens is 1. The van der Waals surface area contributed by atoms with Crippen LogP contribution in [0, 0.1) is 0 Å². The van der Waals surface area contributed by atoms with Crippen molar-refractivity contribution in [1.29, 1.82) is 0 Å². The molecule has 1 aromatic rings. The molecule has 0 saturated carbocycles. The summed E-state index contributed by atoms with van der Waals surface area (Å²) in [6.07, 6.45) is -1.33. The average Bonchev–Trinajstić information content (AvgIpc) is 2.16. The first kappa shape index (κ1) is 13.0. The lowest BCUT2D eigenvalue weighted by molar-refractivity contribution is -0.141. The molecule has 0 atom stereocenters. The minimum atomic E-state index is -4.36. The van der Waals surface area contributed by atoms with E-state index in [1.54, 1.807) is 6.07 Å². The van der Waals surface area contributed by atoms with Gasteiger partial charge in [-0.1, -0.05) is 27.2 Å². The standard InChI is InChI=1S/C12H16F3N/c1-4-6-11(2,3)9-5-7-16-10(8-9)12(13,14)15/h5,7-8H,4,6H2,1-3H3. The molecule has 0 saturated heterocycles. The zero-order valence-corrected chi connectivity index (χ0v) is 9.73. The van der Waals surface area contributed by atoms with Gasteiger partial charge in [-0.3, -0.25) is 4.98 Å². The van der Waals surface area contributed by atoms with Crippen LogP contribution in [0.2, 0.25) is 0 Å². The number of pyridine rings is 1. The molecule has 0 aliphatic rings. The molecule has 1 heterocycles. The molecule has 0 bridgehead atoms. The van der Waals surface area contributed by atoms with Crippen LogP contribution in [0.5, 0.6) is 0 Å². The van der Waals surface area contributed by atoms with Crippen molar-refractivity contribution in [2.75, 3.05) is 0 Å². The molecule has 1 rings (SSSR count). The lowest BCUT2D eigenvalue weighted by Crippen LogP contribution is -2.18. The monoisotopic (exact) mass is 231 g/mol. The van der Waals surface area contributed by atoms with E-state index in [1.807, 2.05) is 20.8 Å². The summed E-state index contributed by atoms with van der Waals surface area (Å²) in [5.41, 5.74) is -0.358. The van der Waals surface area contributed by atoms with Gasteiger partial charge in [-0.15, -0.1) is 0 Å². The zero-order chi connectivity index (χ0) is 12.4. The van der Waals surface area contributed by atoms with Gasteiger partial charge in [-0.25, -0.2) is 0 Å². The molecular weight excluding hydrogens is 215 g/mol. The number of nitrogens with zero attached hydrogens (tertiary/aromatic N) is 1. The van der Waals surface area contributed by atoms with Crippen molar-refractivity contribution in [3.8, 4) is 0 Å². The molecule has 16 heavy (non-hydrogen) atoms. The highest BCUT2D eigenvalue weighted by atomic mass is 19.4. The molecule has 90 valence electrons. The third-order valence-corrected chi connectivity index (χ3v) is 2.71. The molecule has 0 aliphatic carbocycles. The number of hydrogen-bond donors (Lipinski definition) is 0. The maximum Gasteiger partial charge on any atom is 0.433 e. The topological polar surface area (TPSA) is 12.9 Å². The Morgan fingerprint density at radius 3 is 2.38 bits per heavy atom. The number of hydrogen-bond acceptors (Lipinski definition) is 1. The molecule has 0 fully saturated rings. The van der Waals surface area contributed by atoms with Crippen LogP contribution in [0.15, 0.2) is 18.3 Å². The van der Waals surface area contributed by atoms with Crippen LogP contribution < -0.4 is 0 Å². The van der Waals surface area contributed by atoms with Crippen LogP contribution in [-0.4, -0.2) is 4.98 Å². The van der Waals surface area contributed by atoms with Gasteiger partial charge in [0, 0.05) is 6.20 Å². The Balaban J connectivity index is 3.08. The van der Waals surface area contributed by atoms with Crippen LogP contribution in [0.25, 0.3) is 0 Å². The molecule has 0 unspecified atom stereocenters. The average molecular weight is 231 g/mol. The summed E-state index contributed by atoms with van der Waals surface area (Å²) in [6.45, 7) is 5.92. The Morgan fingerprint density at radius 1 is 1.25 bits per heavy atom. The summed E-state index contributed by atoms with van der Waals surface area (Å²) in [5, 5.41) is 0. The summed E-state index contributed by atoms with van der Waals surface area (Å²) in [6, 6.07) is 2.81. The maximum atomic E-state index is 12.5. The Bertz CT molecular complexity index is 356. The highest BCUT2D eigenvalue weighted by molar-refractivity contribution is 5.25. The van der Waals surface area contributed by atoms with Crippen LogP contribution in [0.3, 0.4) is 0 Å². The van der Waals surface area contributed by atoms with E-state index < -0.39 is 11.9 Å². The van der Waals surface area contributed by atoms with E-state index in [0.717, 1.165) is 18.9 Å². The Labute approximate surface area is 93.7 Å². The molecule has 0 N–H and O–H groups in total. The number of halogens is 3.